The van der Waals surface area contributed by atoms with E-state index >= 15 is 0 Å². The molecule has 2 aromatic rings. The summed E-state index contributed by atoms with van der Waals surface area (Å²) in [6, 6.07) is 12.5. The van der Waals surface area contributed by atoms with Crippen LogP contribution in [0.4, 0.5) is 0 Å². The van der Waals surface area contributed by atoms with Gasteiger partial charge in [-0.05, 0) is 43.3 Å². The van der Waals surface area contributed by atoms with Gasteiger partial charge in [0.15, 0.2) is 0 Å². The molecule has 0 aliphatic carbocycles. The Balaban J connectivity index is 1.48. The van der Waals surface area contributed by atoms with Crippen LogP contribution in [0.15, 0.2) is 53.5 Å². The number of aliphatic imine (C=N–C) groups is 1. The number of fused-ring (bicyclic) bond motifs is 2. The van der Waals surface area contributed by atoms with Crippen LogP contribution in [0.1, 0.15) is 38.8 Å². The van der Waals surface area contributed by atoms with Crippen LogP contribution in [0.25, 0.3) is 6.08 Å². The van der Waals surface area contributed by atoms with Crippen LogP contribution in [0.5, 0.6) is 5.75 Å². The third-order valence-electron chi connectivity index (χ3n) is 4.75. The van der Waals surface area contributed by atoms with Crippen molar-refractivity contribution in [1.82, 2.24) is 10.3 Å². The van der Waals surface area contributed by atoms with Crippen LogP contribution in [-0.2, 0) is 0 Å². The third-order valence-corrected chi connectivity index (χ3v) is 4.75. The van der Waals surface area contributed by atoms with E-state index in [1.807, 2.05) is 37.3 Å². The van der Waals surface area contributed by atoms with E-state index in [9.17, 15) is 9.59 Å². The van der Waals surface area contributed by atoms with Crippen LogP contribution >= 0.6 is 0 Å². The van der Waals surface area contributed by atoms with E-state index in [2.05, 4.69) is 10.4 Å². The predicted octanol–water partition coefficient (Wildman–Crippen LogP) is 1.99. The highest BCUT2D eigenvalue weighted by Gasteiger charge is 2.34. The second-order valence-corrected chi connectivity index (χ2v) is 6.62. The molecule has 0 saturated carbocycles. The van der Waals surface area contributed by atoms with E-state index in [4.69, 9.17) is 10.6 Å². The Morgan fingerprint density at radius 2 is 1.89 bits per heavy atom. The molecule has 0 bridgehead atoms. The minimum absolute atomic E-state index is 0.0405. The Morgan fingerprint density at radius 1 is 1.18 bits per heavy atom. The van der Waals surface area contributed by atoms with E-state index in [1.165, 1.54) is 4.90 Å². The lowest BCUT2D eigenvalue weighted by Crippen LogP contribution is -2.34. The van der Waals surface area contributed by atoms with E-state index in [1.54, 1.807) is 24.3 Å². The maximum Gasteiger partial charge on any atom is 0.261 e. The second kappa shape index (κ2) is 7.28. The Labute approximate surface area is 162 Å². The lowest BCUT2D eigenvalue weighted by atomic mass is 10.1. The molecule has 0 fully saturated rings. The van der Waals surface area contributed by atoms with Crippen molar-refractivity contribution in [3.05, 3.63) is 70.8 Å². The van der Waals surface area contributed by atoms with Gasteiger partial charge in [0, 0.05) is 17.7 Å². The smallest absolute Gasteiger partial charge is 0.261 e. The van der Waals surface area contributed by atoms with Gasteiger partial charge in [-0.3, -0.25) is 19.5 Å². The molecule has 1 unspecified atom stereocenters. The van der Waals surface area contributed by atoms with Crippen molar-refractivity contribution < 1.29 is 14.3 Å². The van der Waals surface area contributed by atoms with Crippen molar-refractivity contribution in [3.8, 4) is 5.75 Å². The summed E-state index contributed by atoms with van der Waals surface area (Å²) in [5, 5.41) is 0. The van der Waals surface area contributed by atoms with Crippen molar-refractivity contribution in [1.29, 1.82) is 0 Å². The van der Waals surface area contributed by atoms with Crippen LogP contribution in [-0.4, -0.2) is 41.7 Å². The zero-order valence-electron chi connectivity index (χ0n) is 15.4. The maximum atomic E-state index is 12.4. The van der Waals surface area contributed by atoms with Gasteiger partial charge in [-0.15, -0.1) is 0 Å². The summed E-state index contributed by atoms with van der Waals surface area (Å²) in [6.07, 6.45) is 4.01. The van der Waals surface area contributed by atoms with Gasteiger partial charge >= 0.3 is 0 Å². The van der Waals surface area contributed by atoms with Gasteiger partial charge in [-0.2, -0.15) is 0 Å². The highest BCUT2D eigenvalue weighted by Crippen LogP contribution is 2.27. The molecule has 2 heterocycles. The van der Waals surface area contributed by atoms with Gasteiger partial charge in [0.1, 0.15) is 17.7 Å². The van der Waals surface area contributed by atoms with E-state index in [0.29, 0.717) is 17.0 Å². The van der Waals surface area contributed by atoms with Gasteiger partial charge in [0.25, 0.3) is 11.8 Å². The number of benzene rings is 2. The summed E-state index contributed by atoms with van der Waals surface area (Å²) in [5.41, 5.74) is 5.21. The highest BCUT2D eigenvalue weighted by atomic mass is 16.5. The summed E-state index contributed by atoms with van der Waals surface area (Å²) < 4.78 is 5.74. The predicted molar refractivity (Wildman–Crippen MR) is 106 cm³/mol. The number of amides is 2. The zero-order valence-corrected chi connectivity index (χ0v) is 15.4. The molecule has 7 nitrogen and oxygen atoms in total. The fourth-order valence-corrected chi connectivity index (χ4v) is 3.34. The first-order valence-corrected chi connectivity index (χ1v) is 9.04. The summed E-state index contributed by atoms with van der Waals surface area (Å²) >= 11 is 0. The molecule has 1 atom stereocenters. The number of imide groups is 1. The lowest BCUT2D eigenvalue weighted by molar-refractivity contribution is 0.0659. The maximum absolute atomic E-state index is 12.4. The van der Waals surface area contributed by atoms with Crippen molar-refractivity contribution in [2.75, 3.05) is 13.1 Å². The molecule has 142 valence electrons. The third kappa shape index (κ3) is 3.16. The fourth-order valence-electron chi connectivity index (χ4n) is 3.34. The number of carbonyl (C=O) groups is 2. The molecular formula is C21H20N4O3. The topological polar surface area (TPSA) is 97.0 Å². The minimum Gasteiger partial charge on any atom is -0.486 e. The average molecular weight is 376 g/mol. The summed E-state index contributed by atoms with van der Waals surface area (Å²) in [7, 11) is 0. The fraction of sp³-hybridized carbons (Fsp3) is 0.190. The first-order chi connectivity index (χ1) is 13.6. The van der Waals surface area contributed by atoms with Crippen molar-refractivity contribution in [3.63, 3.8) is 0 Å². The Bertz CT molecular complexity index is 977. The van der Waals surface area contributed by atoms with Crippen LogP contribution in [0.2, 0.25) is 0 Å². The number of ether oxygens (including phenoxy) is 1. The van der Waals surface area contributed by atoms with Crippen LogP contribution in [0.3, 0.4) is 0 Å². The molecule has 2 aliphatic rings. The lowest BCUT2D eigenvalue weighted by Gasteiger charge is -2.19. The second-order valence-electron chi connectivity index (χ2n) is 6.62. The standard InChI is InChI=1S/C21H20N4O3/c1-13-6-7-14-12-15(8-9-18(14)28-13)19(24-22)23-10-11-25-20(26)16-4-2-3-5-17(16)21(25)27/h2-9,12-13H,10-11,22H2,1H3,(H,23,24). The number of carbonyl (C=O) groups excluding carboxylic acids is 2. The molecule has 0 saturated heterocycles. The first kappa shape index (κ1) is 17.9. The molecular weight excluding hydrogens is 356 g/mol. The number of hydrogen-bond acceptors (Lipinski definition) is 5. The largest absolute Gasteiger partial charge is 0.486 e. The van der Waals surface area contributed by atoms with E-state index < -0.39 is 0 Å². The quantitative estimate of drug-likeness (QED) is 0.280. The minimum atomic E-state index is -0.289. The molecule has 2 aromatic carbocycles. The van der Waals surface area contributed by atoms with E-state index in [0.717, 1.165) is 16.9 Å². The first-order valence-electron chi connectivity index (χ1n) is 9.04. The molecule has 0 aromatic heterocycles. The average Bonchev–Trinajstić information content (AvgIpc) is 2.96. The molecule has 0 radical (unpaired) electrons. The number of nitrogens with zero attached hydrogens (tertiary/aromatic N) is 2. The summed E-state index contributed by atoms with van der Waals surface area (Å²) in [5.74, 6) is 6.35. The van der Waals surface area contributed by atoms with Crippen LogP contribution in [0, 0.1) is 0 Å². The molecule has 7 heteroatoms. The van der Waals surface area contributed by atoms with Crippen molar-refractivity contribution in [2.24, 2.45) is 10.8 Å². The van der Waals surface area contributed by atoms with Gasteiger partial charge in [-0.1, -0.05) is 18.2 Å². The highest BCUT2D eigenvalue weighted by molar-refractivity contribution is 6.21. The molecule has 28 heavy (non-hydrogen) atoms. The van der Waals surface area contributed by atoms with E-state index in [-0.39, 0.29) is 31.0 Å². The molecule has 4 rings (SSSR count). The normalized spacial score (nSPS) is 18.0. The Kier molecular flexibility index (Phi) is 4.67. The number of amidine groups is 1. The number of hydrogen-bond donors (Lipinski definition) is 2. The van der Waals surface area contributed by atoms with Crippen molar-refractivity contribution >= 4 is 23.7 Å². The van der Waals surface area contributed by atoms with Gasteiger partial charge in [-0.25, -0.2) is 5.84 Å². The number of rotatable bonds is 4. The zero-order chi connectivity index (χ0) is 19.7. The Morgan fingerprint density at radius 3 is 2.57 bits per heavy atom. The van der Waals surface area contributed by atoms with Crippen LogP contribution < -0.4 is 16.0 Å². The SMILES string of the molecule is CC1C=Cc2cc(C(=NCCN3C(=O)c4ccccc4C3=O)NN)ccc2O1. The summed E-state index contributed by atoms with van der Waals surface area (Å²) in [4.78, 5) is 30.5. The van der Waals surface area contributed by atoms with Gasteiger partial charge < -0.3 is 10.2 Å². The monoisotopic (exact) mass is 376 g/mol. The number of nitrogens with one attached hydrogen (secondary N) is 1. The molecule has 2 amide bonds. The van der Waals surface area contributed by atoms with Crippen molar-refractivity contribution in [2.45, 2.75) is 13.0 Å². The van der Waals surface area contributed by atoms with Gasteiger partial charge in [0.05, 0.1) is 17.7 Å². The van der Waals surface area contributed by atoms with Gasteiger partial charge in [0.2, 0.25) is 0 Å². The molecule has 0 spiro atoms. The number of hydrazine groups is 1. The Hall–Kier alpha value is -3.45. The molecule has 2 aliphatic heterocycles. The number of nitrogens with two attached hydrogens (primary N) is 1. The summed E-state index contributed by atoms with van der Waals surface area (Å²) in [6.45, 7) is 2.40. The molecule has 3 N–H and O–H groups in total.